The molecule has 0 spiro atoms. The van der Waals surface area contributed by atoms with E-state index in [1.807, 2.05) is 32.1 Å². The fraction of sp³-hybridized carbons (Fsp3) is 0.815. The maximum Gasteiger partial charge on any atom is 0.331 e. The van der Waals surface area contributed by atoms with E-state index in [0.29, 0.717) is 6.42 Å². The Kier molecular flexibility index (Phi) is 9.17. The molecule has 1 fully saturated rings. The molecule has 1 saturated heterocycles. The van der Waals surface area contributed by atoms with Crippen molar-refractivity contribution in [2.75, 3.05) is 0 Å². The minimum atomic E-state index is -2.16. The molecular formula is C27H50O6Si2. The molecule has 2 aliphatic rings. The van der Waals surface area contributed by atoms with E-state index < -0.39 is 22.4 Å². The van der Waals surface area contributed by atoms with Crippen molar-refractivity contribution >= 4 is 22.6 Å². The molecule has 6 nitrogen and oxygen atoms in total. The molecule has 202 valence electrons. The fourth-order valence-electron chi connectivity index (χ4n) is 3.76. The number of hydrogen-bond donors (Lipinski definition) is 0. The molecule has 0 saturated carbocycles. The molecule has 8 heteroatoms. The van der Waals surface area contributed by atoms with Crippen LogP contribution >= 0.6 is 0 Å². The van der Waals surface area contributed by atoms with Gasteiger partial charge in [0.1, 0.15) is 18.3 Å². The summed E-state index contributed by atoms with van der Waals surface area (Å²) in [5, 5.41) is 0.105. The van der Waals surface area contributed by atoms with Crippen molar-refractivity contribution in [1.29, 1.82) is 0 Å². The van der Waals surface area contributed by atoms with Gasteiger partial charge in [-0.25, -0.2) is 4.79 Å². The topological polar surface area (TPSA) is 63.2 Å². The molecule has 2 heterocycles. The first kappa shape index (κ1) is 30.4. The summed E-state index contributed by atoms with van der Waals surface area (Å²) in [6.45, 7) is 28.4. The van der Waals surface area contributed by atoms with E-state index >= 15 is 0 Å². The van der Waals surface area contributed by atoms with Gasteiger partial charge in [0.2, 0.25) is 0 Å². The summed E-state index contributed by atoms with van der Waals surface area (Å²) < 4.78 is 32.1. The van der Waals surface area contributed by atoms with Crippen molar-refractivity contribution < 1.29 is 27.9 Å². The Hall–Kier alpha value is -0.776. The van der Waals surface area contributed by atoms with Crippen molar-refractivity contribution in [2.24, 2.45) is 0 Å². The predicted molar refractivity (Wildman–Crippen MR) is 146 cm³/mol. The Morgan fingerprint density at radius 2 is 1.49 bits per heavy atom. The third kappa shape index (κ3) is 7.85. The zero-order valence-electron chi connectivity index (χ0n) is 24.4. The van der Waals surface area contributed by atoms with Gasteiger partial charge in [0.05, 0.1) is 12.2 Å². The minimum Gasteiger partial charge on any atom is -0.455 e. The Bertz CT molecular complexity index is 803. The molecule has 0 aromatic carbocycles. The lowest BCUT2D eigenvalue weighted by molar-refractivity contribution is -0.157. The molecule has 0 aromatic rings. The zero-order valence-corrected chi connectivity index (χ0v) is 26.4. The van der Waals surface area contributed by atoms with Crippen molar-refractivity contribution in [3.63, 3.8) is 0 Å². The third-order valence-corrected chi connectivity index (χ3v) is 16.9. The molecule has 0 N–H and O–H groups in total. The maximum atomic E-state index is 11.8. The van der Waals surface area contributed by atoms with Crippen LogP contribution in [0.15, 0.2) is 24.3 Å². The molecule has 35 heavy (non-hydrogen) atoms. The van der Waals surface area contributed by atoms with Gasteiger partial charge in [-0.3, -0.25) is 0 Å². The molecule has 0 aliphatic carbocycles. The lowest BCUT2D eigenvalue weighted by Crippen LogP contribution is -2.52. The maximum absolute atomic E-state index is 11.8. The van der Waals surface area contributed by atoms with Crippen LogP contribution in [0, 0.1) is 0 Å². The number of ether oxygens (including phenoxy) is 3. The number of rotatable bonds is 8. The lowest BCUT2D eigenvalue weighted by Gasteiger charge is -2.42. The van der Waals surface area contributed by atoms with Gasteiger partial charge in [0.25, 0.3) is 0 Å². The van der Waals surface area contributed by atoms with Gasteiger partial charge in [-0.15, -0.1) is 0 Å². The minimum absolute atomic E-state index is 0.0207. The summed E-state index contributed by atoms with van der Waals surface area (Å²) in [5.41, 5.74) is 0. The monoisotopic (exact) mass is 526 g/mol. The average molecular weight is 527 g/mol. The van der Waals surface area contributed by atoms with E-state index in [9.17, 15) is 4.79 Å². The second-order valence-corrected chi connectivity index (χ2v) is 23.0. The first-order valence-electron chi connectivity index (χ1n) is 12.9. The summed E-state index contributed by atoms with van der Waals surface area (Å²) in [6, 6.07) is 0. The van der Waals surface area contributed by atoms with Crippen LogP contribution in [0.3, 0.4) is 0 Å². The van der Waals surface area contributed by atoms with Crippen LogP contribution in [0.25, 0.3) is 0 Å². The quantitative estimate of drug-likeness (QED) is 0.198. The second kappa shape index (κ2) is 10.5. The van der Waals surface area contributed by atoms with E-state index in [-0.39, 0.29) is 46.6 Å². The predicted octanol–water partition coefficient (Wildman–Crippen LogP) is 6.74. The molecule has 2 rings (SSSR count). The van der Waals surface area contributed by atoms with Gasteiger partial charge in [0.15, 0.2) is 22.4 Å². The SMILES string of the molecule is C[C@H](O[Si](C)(C)C(C)(C)C)[C@@H]1OC(C)(C)O[C@H]1[C@H](/C=C/[C@@H]1CC=CC(=O)O1)O[Si](C)(C)C(C)(C)C. The van der Waals surface area contributed by atoms with Crippen LogP contribution in [0.2, 0.25) is 36.3 Å². The van der Waals surface area contributed by atoms with Crippen molar-refractivity contribution in [2.45, 2.75) is 141 Å². The molecule has 0 unspecified atom stereocenters. The van der Waals surface area contributed by atoms with E-state index in [1.54, 1.807) is 0 Å². The van der Waals surface area contributed by atoms with Crippen LogP contribution in [-0.2, 0) is 27.9 Å². The smallest absolute Gasteiger partial charge is 0.331 e. The average Bonchev–Trinajstić information content (AvgIpc) is 2.98. The van der Waals surface area contributed by atoms with Crippen LogP contribution < -0.4 is 0 Å². The summed E-state index contributed by atoms with van der Waals surface area (Å²) in [6.07, 6.45) is 6.42. The van der Waals surface area contributed by atoms with E-state index in [0.717, 1.165) is 0 Å². The zero-order chi connectivity index (χ0) is 27.0. The van der Waals surface area contributed by atoms with Gasteiger partial charge in [0, 0.05) is 12.5 Å². The first-order valence-corrected chi connectivity index (χ1v) is 18.7. The third-order valence-electron chi connectivity index (χ3n) is 7.88. The highest BCUT2D eigenvalue weighted by atomic mass is 28.4. The standard InChI is InChI=1S/C27H50O6Si2/c1-19(32-34(10,11)25(2,3)4)23-24(31-27(8,9)30-23)21(33-35(12,13)26(5,6)7)18-17-20-15-14-16-22(28)29-20/h14,16-21,23-24H,15H2,1-13H3/b18-17+/t19-,20-,21-,23-,24-/m0/s1. The molecule has 0 amide bonds. The highest BCUT2D eigenvalue weighted by Crippen LogP contribution is 2.43. The highest BCUT2D eigenvalue weighted by molar-refractivity contribution is 6.74. The van der Waals surface area contributed by atoms with Crippen molar-refractivity contribution in [3.05, 3.63) is 24.3 Å². The van der Waals surface area contributed by atoms with E-state index in [4.69, 9.17) is 23.1 Å². The Morgan fingerprint density at radius 3 is 2.00 bits per heavy atom. The van der Waals surface area contributed by atoms with Gasteiger partial charge < -0.3 is 23.1 Å². The van der Waals surface area contributed by atoms with Gasteiger partial charge in [-0.2, -0.15) is 0 Å². The van der Waals surface area contributed by atoms with E-state index in [1.165, 1.54) is 6.08 Å². The normalized spacial score (nSPS) is 27.8. The Labute approximate surface area is 216 Å². The van der Waals surface area contributed by atoms with Gasteiger partial charge in [-0.1, -0.05) is 53.7 Å². The number of cyclic esters (lactones) is 1. The summed E-state index contributed by atoms with van der Waals surface area (Å²) in [5.74, 6) is -1.08. The summed E-state index contributed by atoms with van der Waals surface area (Å²) >= 11 is 0. The molecule has 0 radical (unpaired) electrons. The largest absolute Gasteiger partial charge is 0.455 e. The number of esters is 1. The number of carbonyl (C=O) groups is 1. The highest BCUT2D eigenvalue weighted by Gasteiger charge is 2.51. The summed E-state index contributed by atoms with van der Waals surface area (Å²) in [7, 11) is -4.19. The Balaban J connectivity index is 2.39. The van der Waals surface area contributed by atoms with E-state index in [2.05, 4.69) is 74.7 Å². The van der Waals surface area contributed by atoms with Gasteiger partial charge >= 0.3 is 5.97 Å². The van der Waals surface area contributed by atoms with Gasteiger partial charge in [-0.05, 0) is 63.1 Å². The molecular weight excluding hydrogens is 476 g/mol. The van der Waals surface area contributed by atoms with Crippen LogP contribution in [0.4, 0.5) is 0 Å². The van der Waals surface area contributed by atoms with Crippen molar-refractivity contribution in [3.8, 4) is 0 Å². The fourth-order valence-corrected chi connectivity index (χ4v) is 6.43. The van der Waals surface area contributed by atoms with Crippen molar-refractivity contribution in [1.82, 2.24) is 0 Å². The lowest BCUT2D eigenvalue weighted by atomic mass is 10.0. The van der Waals surface area contributed by atoms with Crippen LogP contribution in [0.5, 0.6) is 0 Å². The summed E-state index contributed by atoms with van der Waals surface area (Å²) in [4.78, 5) is 11.8. The molecule has 0 aromatic heterocycles. The second-order valence-electron chi connectivity index (χ2n) is 13.5. The molecule has 2 aliphatic heterocycles. The first-order chi connectivity index (χ1) is 15.7. The number of hydrogen-bond acceptors (Lipinski definition) is 6. The number of carbonyl (C=O) groups excluding carboxylic acids is 1. The molecule has 5 atom stereocenters. The van der Waals surface area contributed by atoms with Crippen LogP contribution in [-0.4, -0.2) is 58.9 Å². The van der Waals surface area contributed by atoms with Crippen LogP contribution in [0.1, 0.15) is 68.7 Å². The Morgan fingerprint density at radius 1 is 0.971 bits per heavy atom. The molecule has 0 bridgehead atoms.